The second-order valence-corrected chi connectivity index (χ2v) is 11.3. The van der Waals surface area contributed by atoms with Crippen molar-refractivity contribution in [3.8, 4) is 0 Å². The van der Waals surface area contributed by atoms with Gasteiger partial charge in [-0.3, -0.25) is 4.79 Å². The van der Waals surface area contributed by atoms with Crippen LogP contribution in [-0.4, -0.2) is 36.9 Å². The Labute approximate surface area is 213 Å². The summed E-state index contributed by atoms with van der Waals surface area (Å²) in [4.78, 5) is 13.0. The van der Waals surface area contributed by atoms with Crippen LogP contribution in [0.5, 0.6) is 0 Å². The zero-order valence-electron chi connectivity index (χ0n) is 21.2. The summed E-state index contributed by atoms with van der Waals surface area (Å²) in [7, 11) is -3.91. The summed E-state index contributed by atoms with van der Waals surface area (Å²) in [6.07, 6.45) is 5.66. The van der Waals surface area contributed by atoms with Crippen molar-refractivity contribution in [3.05, 3.63) is 76.2 Å². The van der Waals surface area contributed by atoms with Gasteiger partial charge in [0.1, 0.15) is 5.69 Å². The minimum absolute atomic E-state index is 0.0558. The van der Waals surface area contributed by atoms with Crippen LogP contribution in [-0.2, 0) is 21.2 Å². The molecule has 1 fully saturated rings. The van der Waals surface area contributed by atoms with Gasteiger partial charge >= 0.3 is 0 Å². The molecule has 4 rings (SSSR count). The fourth-order valence-corrected chi connectivity index (χ4v) is 6.25. The maximum Gasteiger partial charge on any atom is 0.248 e. The summed E-state index contributed by atoms with van der Waals surface area (Å²) in [5.41, 5.74) is 5.38. The van der Waals surface area contributed by atoms with E-state index in [4.69, 9.17) is 4.52 Å². The average molecular weight is 508 g/mol. The van der Waals surface area contributed by atoms with Crippen molar-refractivity contribution in [2.24, 2.45) is 5.92 Å². The number of rotatable bonds is 7. The van der Waals surface area contributed by atoms with Crippen LogP contribution in [0.15, 0.2) is 51.9 Å². The summed E-state index contributed by atoms with van der Waals surface area (Å²) in [5.74, 6) is -0.416. The van der Waals surface area contributed by atoms with Gasteiger partial charge in [0.15, 0.2) is 10.7 Å². The molecule has 1 aliphatic heterocycles. The van der Waals surface area contributed by atoms with E-state index in [1.54, 1.807) is 13.0 Å². The molecule has 1 saturated heterocycles. The number of nitrogens with zero attached hydrogens (tertiary/aromatic N) is 2. The Bertz CT molecular complexity index is 1370. The number of piperidine rings is 1. The number of sulfonamides is 1. The van der Waals surface area contributed by atoms with Crippen molar-refractivity contribution >= 4 is 33.8 Å². The van der Waals surface area contributed by atoms with Crippen LogP contribution in [0.2, 0.25) is 0 Å². The van der Waals surface area contributed by atoms with Crippen molar-refractivity contribution < 1.29 is 17.7 Å². The van der Waals surface area contributed by atoms with Gasteiger partial charge in [0.25, 0.3) is 0 Å². The number of aromatic nitrogens is 1. The van der Waals surface area contributed by atoms with Crippen LogP contribution in [0.4, 0.5) is 5.69 Å². The fraction of sp³-hybridized carbons (Fsp3) is 0.357. The molecule has 0 radical (unpaired) electrons. The number of hydrogen-bond donors (Lipinski definition) is 1. The first-order valence-corrected chi connectivity index (χ1v) is 13.7. The molecular formula is C28H33N3O4S. The predicted molar refractivity (Wildman–Crippen MR) is 142 cm³/mol. The molecule has 190 valence electrons. The van der Waals surface area contributed by atoms with Crippen LogP contribution in [0.25, 0.3) is 12.2 Å². The third kappa shape index (κ3) is 5.60. The Morgan fingerprint density at radius 3 is 2.61 bits per heavy atom. The topological polar surface area (TPSA) is 92.5 Å². The van der Waals surface area contributed by atoms with Crippen LogP contribution in [0.3, 0.4) is 0 Å². The minimum atomic E-state index is -3.91. The maximum atomic E-state index is 13.7. The van der Waals surface area contributed by atoms with Gasteiger partial charge in [-0.15, -0.1) is 0 Å². The van der Waals surface area contributed by atoms with E-state index in [0.717, 1.165) is 23.1 Å². The first-order valence-electron chi connectivity index (χ1n) is 12.3. The largest absolute Gasteiger partial charge is 0.355 e. The van der Waals surface area contributed by atoms with E-state index in [9.17, 15) is 13.2 Å². The molecule has 36 heavy (non-hydrogen) atoms. The third-order valence-electron chi connectivity index (χ3n) is 6.66. The van der Waals surface area contributed by atoms with Crippen LogP contribution in [0, 0.1) is 26.7 Å². The molecular weight excluding hydrogens is 474 g/mol. The van der Waals surface area contributed by atoms with Gasteiger partial charge in [-0.1, -0.05) is 54.1 Å². The van der Waals surface area contributed by atoms with Gasteiger partial charge in [0, 0.05) is 18.8 Å². The molecule has 1 aliphatic rings. The zero-order chi connectivity index (χ0) is 25.9. The van der Waals surface area contributed by atoms with E-state index in [0.29, 0.717) is 30.8 Å². The molecule has 3 aromatic rings. The Balaban J connectivity index is 1.53. The molecule has 7 nitrogen and oxygen atoms in total. The van der Waals surface area contributed by atoms with E-state index in [-0.39, 0.29) is 23.1 Å². The highest BCUT2D eigenvalue weighted by atomic mass is 32.2. The Hall–Kier alpha value is -3.23. The first-order chi connectivity index (χ1) is 17.2. The van der Waals surface area contributed by atoms with Gasteiger partial charge in [0.2, 0.25) is 15.9 Å². The number of carbonyl (C=O) groups excluding carboxylic acids is 1. The van der Waals surface area contributed by atoms with Gasteiger partial charge in [-0.05, 0) is 74.9 Å². The number of amides is 1. The van der Waals surface area contributed by atoms with E-state index < -0.39 is 15.9 Å². The second kappa shape index (κ2) is 10.8. The van der Waals surface area contributed by atoms with Crippen molar-refractivity contribution in [1.29, 1.82) is 0 Å². The van der Waals surface area contributed by atoms with Gasteiger partial charge in [-0.2, -0.15) is 4.31 Å². The number of carbonyl (C=O) groups is 1. The summed E-state index contributed by atoms with van der Waals surface area (Å²) in [5, 5.41) is 6.88. The molecule has 1 unspecified atom stereocenters. The zero-order valence-corrected chi connectivity index (χ0v) is 22.1. The van der Waals surface area contributed by atoms with Crippen LogP contribution in [0.1, 0.15) is 53.5 Å². The van der Waals surface area contributed by atoms with E-state index in [2.05, 4.69) is 17.4 Å². The number of aryl methyl sites for hydroxylation is 4. The SMILES string of the molecule is CCc1ccc(NC(=O)C2CCCN(S(=O)(=O)c3c(C)noc3C=Cc3cc(C)ccc3C)C2)cc1. The number of anilines is 1. The number of nitrogens with one attached hydrogen (secondary N) is 1. The summed E-state index contributed by atoms with van der Waals surface area (Å²) < 4.78 is 34.2. The van der Waals surface area contributed by atoms with Crippen molar-refractivity contribution in [3.63, 3.8) is 0 Å². The lowest BCUT2D eigenvalue weighted by molar-refractivity contribution is -0.120. The maximum absolute atomic E-state index is 13.7. The van der Waals surface area contributed by atoms with Gasteiger partial charge in [0.05, 0.1) is 5.92 Å². The molecule has 1 N–H and O–H groups in total. The molecule has 8 heteroatoms. The molecule has 0 aliphatic carbocycles. The average Bonchev–Trinajstić information content (AvgIpc) is 3.26. The highest BCUT2D eigenvalue weighted by Crippen LogP contribution is 2.30. The first kappa shape index (κ1) is 25.9. The van der Waals surface area contributed by atoms with Crippen LogP contribution >= 0.6 is 0 Å². The number of hydrogen-bond acceptors (Lipinski definition) is 5. The summed E-state index contributed by atoms with van der Waals surface area (Å²) in [6.45, 7) is 8.18. The lowest BCUT2D eigenvalue weighted by atomic mass is 9.98. The lowest BCUT2D eigenvalue weighted by Crippen LogP contribution is -2.43. The molecule has 0 saturated carbocycles. The van der Waals surface area contributed by atoms with E-state index >= 15 is 0 Å². The molecule has 1 aromatic heterocycles. The molecule has 1 atom stereocenters. The Kier molecular flexibility index (Phi) is 7.76. The highest BCUT2D eigenvalue weighted by Gasteiger charge is 2.37. The lowest BCUT2D eigenvalue weighted by Gasteiger charge is -2.31. The van der Waals surface area contributed by atoms with Crippen molar-refractivity contribution in [2.75, 3.05) is 18.4 Å². The Morgan fingerprint density at radius 1 is 1.14 bits per heavy atom. The van der Waals surface area contributed by atoms with Gasteiger partial charge < -0.3 is 9.84 Å². The molecule has 0 spiro atoms. The second-order valence-electron chi connectivity index (χ2n) is 9.40. The molecule has 0 bridgehead atoms. The fourth-order valence-electron chi connectivity index (χ4n) is 4.48. The smallest absolute Gasteiger partial charge is 0.248 e. The van der Waals surface area contributed by atoms with E-state index in [1.807, 2.05) is 62.4 Å². The minimum Gasteiger partial charge on any atom is -0.355 e. The van der Waals surface area contributed by atoms with Crippen molar-refractivity contribution in [1.82, 2.24) is 9.46 Å². The highest BCUT2D eigenvalue weighted by molar-refractivity contribution is 7.89. The summed E-state index contributed by atoms with van der Waals surface area (Å²) in [6, 6.07) is 13.8. The quantitative estimate of drug-likeness (QED) is 0.464. The molecule has 1 amide bonds. The van der Waals surface area contributed by atoms with Crippen molar-refractivity contribution in [2.45, 2.75) is 51.9 Å². The summed E-state index contributed by atoms with van der Waals surface area (Å²) >= 11 is 0. The molecule has 2 aromatic carbocycles. The standard InChI is InChI=1S/C28H33N3O4S/c1-5-22-10-13-25(14-11-22)29-28(32)24-7-6-16-31(18-24)36(33,34)27-21(4)30-35-26(27)15-12-23-17-19(2)8-9-20(23)3/h8-15,17,24H,5-7,16,18H2,1-4H3,(H,29,32). The normalized spacial score (nSPS) is 16.9. The predicted octanol–water partition coefficient (Wildman–Crippen LogP) is 5.37. The molecule has 2 heterocycles. The van der Waals surface area contributed by atoms with Crippen LogP contribution < -0.4 is 5.32 Å². The third-order valence-corrected chi connectivity index (χ3v) is 8.69. The van der Waals surface area contributed by atoms with E-state index in [1.165, 1.54) is 9.87 Å². The van der Waals surface area contributed by atoms with Gasteiger partial charge in [-0.25, -0.2) is 8.42 Å². The Morgan fingerprint density at radius 2 is 1.89 bits per heavy atom. The number of benzene rings is 2. The monoisotopic (exact) mass is 507 g/mol.